The molecule has 0 spiro atoms. The van der Waals surface area contributed by atoms with Crippen molar-refractivity contribution in [2.24, 2.45) is 0 Å². The lowest BCUT2D eigenvalue weighted by Crippen LogP contribution is -2.34. The molecule has 0 saturated heterocycles. The van der Waals surface area contributed by atoms with Gasteiger partial charge in [-0.2, -0.15) is 0 Å². The third-order valence-corrected chi connectivity index (χ3v) is 7.89. The van der Waals surface area contributed by atoms with Crippen LogP contribution in [0.5, 0.6) is 0 Å². The smallest absolute Gasteiger partial charge is 0.248 e. The number of rotatable bonds is 6. The number of hydrogen-bond donors (Lipinski definition) is 1. The number of nitrogens with one attached hydrogen (secondary N) is 1. The Morgan fingerprint density at radius 1 is 0.806 bits per heavy atom. The maximum Gasteiger partial charge on any atom is 0.248 e. The Kier molecular flexibility index (Phi) is 7.26. The summed E-state index contributed by atoms with van der Waals surface area (Å²) in [5.41, 5.74) is 3.51. The van der Waals surface area contributed by atoms with E-state index in [1.807, 2.05) is 103 Å². The zero-order chi connectivity index (χ0) is 24.9. The summed E-state index contributed by atoms with van der Waals surface area (Å²) in [4.78, 5) is 30.9. The van der Waals surface area contributed by atoms with Crippen molar-refractivity contribution in [1.29, 1.82) is 0 Å². The Morgan fingerprint density at radius 2 is 1.39 bits per heavy atom. The van der Waals surface area contributed by atoms with Gasteiger partial charge >= 0.3 is 0 Å². The van der Waals surface area contributed by atoms with Gasteiger partial charge in [-0.15, -0.1) is 11.8 Å². The first-order chi connectivity index (χ1) is 17.6. The van der Waals surface area contributed by atoms with Crippen molar-refractivity contribution >= 4 is 58.5 Å². The van der Waals surface area contributed by atoms with Crippen LogP contribution in [0.1, 0.15) is 12.5 Å². The predicted octanol–water partition coefficient (Wildman–Crippen LogP) is 7.65. The summed E-state index contributed by atoms with van der Waals surface area (Å²) in [6, 6.07) is 33.3. The fourth-order valence-electron chi connectivity index (χ4n) is 3.92. The van der Waals surface area contributed by atoms with Crippen molar-refractivity contribution in [3.05, 3.63) is 115 Å². The molecule has 0 aliphatic carbocycles. The molecule has 4 nitrogen and oxygen atoms in total. The van der Waals surface area contributed by atoms with Gasteiger partial charge in [0.05, 0.1) is 16.6 Å². The van der Waals surface area contributed by atoms with Crippen LogP contribution in [0.3, 0.4) is 0 Å². The van der Waals surface area contributed by atoms with Crippen molar-refractivity contribution in [3.8, 4) is 0 Å². The number of para-hydroxylation sites is 2. The lowest BCUT2D eigenvalue weighted by atomic mass is 10.2. The molecule has 1 N–H and O–H groups in total. The number of carbonyl (C=O) groups is 2. The first kappa shape index (κ1) is 24.0. The van der Waals surface area contributed by atoms with Crippen LogP contribution in [-0.4, -0.2) is 17.1 Å². The normalized spacial score (nSPS) is 13.1. The Labute approximate surface area is 219 Å². The molecule has 1 aliphatic rings. The highest BCUT2D eigenvalue weighted by Gasteiger charge is 2.31. The summed E-state index contributed by atoms with van der Waals surface area (Å²) in [7, 11) is 0. The Bertz CT molecular complexity index is 1370. The van der Waals surface area contributed by atoms with E-state index in [0.717, 1.165) is 31.6 Å². The highest BCUT2D eigenvalue weighted by Crippen LogP contribution is 2.48. The first-order valence-electron chi connectivity index (χ1n) is 11.6. The molecule has 0 fully saturated rings. The number of carbonyl (C=O) groups excluding carboxylic acids is 2. The number of hydrogen-bond acceptors (Lipinski definition) is 4. The van der Waals surface area contributed by atoms with E-state index >= 15 is 0 Å². The molecule has 1 unspecified atom stereocenters. The van der Waals surface area contributed by atoms with Crippen molar-refractivity contribution in [2.45, 2.75) is 26.9 Å². The number of nitrogens with zero attached hydrogens (tertiary/aromatic N) is 1. The standard InChI is InChI=1S/C30H24N2O2S2/c1-21(30(34)32-25-11-5-7-13-27(25)36-28-14-8-6-12-26(28)32)35-24-18-16-23(17-19-24)31-29(33)20-15-22-9-3-2-4-10-22/h2-21H,1H3,(H,31,33)/b20-15+. The molecule has 4 aromatic rings. The fraction of sp³-hybridized carbons (Fsp3) is 0.0667. The quantitative estimate of drug-likeness (QED) is 0.215. The second-order valence-corrected chi connectivity index (χ2v) is 10.7. The number of amides is 2. The average Bonchev–Trinajstić information content (AvgIpc) is 2.92. The minimum absolute atomic E-state index is 0.0311. The molecule has 1 aliphatic heterocycles. The SMILES string of the molecule is CC(Sc1ccc(NC(=O)/C=C/c2ccccc2)cc1)C(=O)N1c2ccccc2Sc2ccccc21. The van der Waals surface area contributed by atoms with E-state index in [1.54, 1.807) is 17.8 Å². The van der Waals surface area contributed by atoms with E-state index in [9.17, 15) is 9.59 Å². The van der Waals surface area contributed by atoms with E-state index in [2.05, 4.69) is 17.4 Å². The van der Waals surface area contributed by atoms with Gasteiger partial charge in [-0.1, -0.05) is 66.4 Å². The third kappa shape index (κ3) is 5.40. The van der Waals surface area contributed by atoms with E-state index in [1.165, 1.54) is 17.8 Å². The molecule has 178 valence electrons. The first-order valence-corrected chi connectivity index (χ1v) is 13.3. The summed E-state index contributed by atoms with van der Waals surface area (Å²) in [6.07, 6.45) is 3.30. The van der Waals surface area contributed by atoms with Crippen LogP contribution >= 0.6 is 23.5 Å². The van der Waals surface area contributed by atoms with Gasteiger partial charge in [0.1, 0.15) is 0 Å². The van der Waals surface area contributed by atoms with Gasteiger partial charge in [0.15, 0.2) is 0 Å². The summed E-state index contributed by atoms with van der Waals surface area (Å²) in [6.45, 7) is 1.93. The van der Waals surface area contributed by atoms with Gasteiger partial charge < -0.3 is 5.32 Å². The van der Waals surface area contributed by atoms with Gasteiger partial charge in [0, 0.05) is 26.4 Å². The Morgan fingerprint density at radius 3 is 2.03 bits per heavy atom. The molecular formula is C30H24N2O2S2. The van der Waals surface area contributed by atoms with Gasteiger partial charge in [-0.05, 0) is 67.1 Å². The second kappa shape index (κ2) is 10.9. The maximum absolute atomic E-state index is 13.7. The van der Waals surface area contributed by atoms with E-state index in [-0.39, 0.29) is 17.1 Å². The topological polar surface area (TPSA) is 49.4 Å². The van der Waals surface area contributed by atoms with Crippen LogP contribution in [0.2, 0.25) is 0 Å². The summed E-state index contributed by atoms with van der Waals surface area (Å²) in [5.74, 6) is -0.160. The predicted molar refractivity (Wildman–Crippen MR) is 150 cm³/mol. The summed E-state index contributed by atoms with van der Waals surface area (Å²) >= 11 is 3.19. The zero-order valence-electron chi connectivity index (χ0n) is 19.6. The van der Waals surface area contributed by atoms with Crippen LogP contribution < -0.4 is 10.2 Å². The molecule has 6 heteroatoms. The van der Waals surface area contributed by atoms with Gasteiger partial charge in [0.25, 0.3) is 0 Å². The molecule has 5 rings (SSSR count). The van der Waals surface area contributed by atoms with E-state index in [0.29, 0.717) is 5.69 Å². The second-order valence-electron chi connectivity index (χ2n) is 8.23. The Hall–Kier alpha value is -3.74. The number of anilines is 3. The van der Waals surface area contributed by atoms with Crippen LogP contribution in [0.15, 0.2) is 124 Å². The fourth-order valence-corrected chi connectivity index (χ4v) is 5.88. The van der Waals surface area contributed by atoms with Crippen LogP contribution in [0.4, 0.5) is 17.1 Å². The summed E-state index contributed by atoms with van der Waals surface area (Å²) in [5, 5.41) is 2.57. The molecule has 1 atom stereocenters. The average molecular weight is 509 g/mol. The largest absolute Gasteiger partial charge is 0.323 e. The van der Waals surface area contributed by atoms with Crippen molar-refractivity contribution in [3.63, 3.8) is 0 Å². The molecule has 1 heterocycles. The number of benzene rings is 4. The third-order valence-electron chi connectivity index (χ3n) is 5.66. The maximum atomic E-state index is 13.7. The highest BCUT2D eigenvalue weighted by molar-refractivity contribution is 8.00. The van der Waals surface area contributed by atoms with E-state index in [4.69, 9.17) is 0 Å². The number of fused-ring (bicyclic) bond motifs is 2. The molecule has 36 heavy (non-hydrogen) atoms. The highest BCUT2D eigenvalue weighted by atomic mass is 32.2. The van der Waals surface area contributed by atoms with Crippen LogP contribution in [-0.2, 0) is 9.59 Å². The minimum atomic E-state index is -0.302. The molecule has 0 bridgehead atoms. The van der Waals surface area contributed by atoms with Crippen LogP contribution in [0, 0.1) is 0 Å². The van der Waals surface area contributed by atoms with Crippen LogP contribution in [0.25, 0.3) is 6.08 Å². The lowest BCUT2D eigenvalue weighted by Gasteiger charge is -2.32. The molecule has 2 amide bonds. The minimum Gasteiger partial charge on any atom is -0.323 e. The van der Waals surface area contributed by atoms with Gasteiger partial charge in [-0.25, -0.2) is 0 Å². The number of thioether (sulfide) groups is 1. The molecule has 0 aromatic heterocycles. The molecule has 0 saturated carbocycles. The van der Waals surface area contributed by atoms with Crippen molar-refractivity contribution in [1.82, 2.24) is 0 Å². The monoisotopic (exact) mass is 508 g/mol. The summed E-state index contributed by atoms with van der Waals surface area (Å²) < 4.78 is 0. The molecule has 0 radical (unpaired) electrons. The van der Waals surface area contributed by atoms with E-state index < -0.39 is 0 Å². The lowest BCUT2D eigenvalue weighted by molar-refractivity contribution is -0.117. The van der Waals surface area contributed by atoms with Crippen molar-refractivity contribution in [2.75, 3.05) is 10.2 Å². The van der Waals surface area contributed by atoms with Gasteiger partial charge in [0.2, 0.25) is 11.8 Å². The van der Waals surface area contributed by atoms with Gasteiger partial charge in [-0.3, -0.25) is 14.5 Å². The zero-order valence-corrected chi connectivity index (χ0v) is 21.3. The Balaban J connectivity index is 1.26. The molecular weight excluding hydrogens is 484 g/mol. The molecule has 4 aromatic carbocycles. The van der Waals surface area contributed by atoms with Crippen molar-refractivity contribution < 1.29 is 9.59 Å².